The Morgan fingerprint density at radius 3 is 2.39 bits per heavy atom. The molecule has 1 aliphatic heterocycles. The van der Waals surface area contributed by atoms with Gasteiger partial charge in [0.2, 0.25) is 5.95 Å². The molecule has 0 radical (unpaired) electrons. The minimum absolute atomic E-state index is 0. The van der Waals surface area contributed by atoms with Crippen LogP contribution in [0.4, 0.5) is 24.9 Å². The van der Waals surface area contributed by atoms with Crippen LogP contribution < -0.4 is 10.2 Å². The molecule has 0 saturated carbocycles. The molecule has 0 spiro atoms. The number of aromatic nitrogens is 5. The fraction of sp³-hybridized carbons (Fsp3) is 0.316. The Kier molecular flexibility index (Phi) is 7.09. The number of aryl methyl sites for hydroxylation is 2. The van der Waals surface area contributed by atoms with E-state index in [4.69, 9.17) is 11.6 Å². The molecule has 0 bridgehead atoms. The maximum atomic E-state index is 12.7. The Balaban J connectivity index is 0.00000153. The number of alkyl halides is 3. The average molecular weight is 539 g/mol. The molecule has 0 amide bonds. The zero-order chi connectivity index (χ0) is 21.9. The van der Waals surface area contributed by atoms with Crippen LogP contribution in [0.2, 0.25) is 5.02 Å². The molecule has 1 fully saturated rings. The minimum Gasteiger partial charge on any atom is -0.362 e. The smallest absolute Gasteiger partial charge is 0.362 e. The third-order valence-electron chi connectivity index (χ3n) is 5.22. The zero-order valence-corrected chi connectivity index (χ0v) is 20.3. The SMILES string of the molecule is Cc1nc2sc3c(NC4CN(c5ncc(C(F)(F)F)cn5)C4)ncnc3c2c(C)c1Cl.Cl.Cl. The summed E-state index contributed by atoms with van der Waals surface area (Å²) in [7, 11) is 0. The Morgan fingerprint density at radius 1 is 1.09 bits per heavy atom. The molecule has 1 saturated heterocycles. The molecule has 1 N–H and O–H groups in total. The van der Waals surface area contributed by atoms with Gasteiger partial charge in [0.05, 0.1) is 32.5 Å². The van der Waals surface area contributed by atoms with Gasteiger partial charge in [-0.15, -0.1) is 36.2 Å². The molecule has 7 nitrogen and oxygen atoms in total. The van der Waals surface area contributed by atoms with Gasteiger partial charge in [-0.3, -0.25) is 0 Å². The maximum absolute atomic E-state index is 12.7. The summed E-state index contributed by atoms with van der Waals surface area (Å²) in [5.41, 5.74) is 1.65. The van der Waals surface area contributed by atoms with Crippen LogP contribution in [-0.4, -0.2) is 44.1 Å². The number of halogens is 6. The van der Waals surface area contributed by atoms with E-state index in [9.17, 15) is 13.2 Å². The van der Waals surface area contributed by atoms with E-state index >= 15 is 0 Å². The van der Waals surface area contributed by atoms with Gasteiger partial charge in [-0.25, -0.2) is 24.9 Å². The van der Waals surface area contributed by atoms with Crippen LogP contribution in [0.15, 0.2) is 18.7 Å². The van der Waals surface area contributed by atoms with Gasteiger partial charge < -0.3 is 10.2 Å². The normalized spacial score (nSPS) is 14.1. The lowest BCUT2D eigenvalue weighted by atomic mass is 10.1. The summed E-state index contributed by atoms with van der Waals surface area (Å²) in [6.45, 7) is 4.92. The molecule has 0 atom stereocenters. The van der Waals surface area contributed by atoms with E-state index in [0.29, 0.717) is 23.9 Å². The standard InChI is InChI=1S/C19H15ClF3N7S.2ClH/c1-8-12-14-15(31-17(12)28-9(2)13(8)20)16(27-7-26-14)29-11-5-30(6-11)18-24-3-10(4-25-18)19(21,22)23;;/h3-4,7,11H,5-6H2,1-2H3,(H,26,27,29);2*1H. The van der Waals surface area contributed by atoms with Gasteiger partial charge in [-0.05, 0) is 19.4 Å². The van der Waals surface area contributed by atoms with Crippen LogP contribution in [0.25, 0.3) is 20.4 Å². The molecule has 0 aliphatic carbocycles. The monoisotopic (exact) mass is 537 g/mol. The van der Waals surface area contributed by atoms with Gasteiger partial charge in [0.15, 0.2) is 0 Å². The van der Waals surface area contributed by atoms with Crippen molar-refractivity contribution in [1.82, 2.24) is 24.9 Å². The van der Waals surface area contributed by atoms with E-state index in [0.717, 1.165) is 44.1 Å². The molecular formula is C19H17Cl3F3N7S. The first-order valence-corrected chi connectivity index (χ1v) is 10.5. The lowest BCUT2D eigenvalue weighted by Gasteiger charge is -2.39. The molecule has 14 heteroatoms. The van der Waals surface area contributed by atoms with Crippen molar-refractivity contribution >= 4 is 80.0 Å². The van der Waals surface area contributed by atoms with E-state index in [1.807, 2.05) is 13.8 Å². The minimum atomic E-state index is -4.45. The van der Waals surface area contributed by atoms with E-state index in [1.165, 1.54) is 17.7 Å². The topological polar surface area (TPSA) is 79.7 Å². The van der Waals surface area contributed by atoms with E-state index in [1.54, 1.807) is 4.90 Å². The van der Waals surface area contributed by atoms with Crippen molar-refractivity contribution in [3.63, 3.8) is 0 Å². The van der Waals surface area contributed by atoms with E-state index in [-0.39, 0.29) is 36.8 Å². The van der Waals surface area contributed by atoms with Crippen molar-refractivity contribution in [2.75, 3.05) is 23.3 Å². The van der Waals surface area contributed by atoms with Gasteiger partial charge in [0.1, 0.15) is 17.0 Å². The largest absolute Gasteiger partial charge is 0.419 e. The van der Waals surface area contributed by atoms with Crippen LogP contribution in [0.5, 0.6) is 0 Å². The van der Waals surface area contributed by atoms with Crippen LogP contribution in [0.3, 0.4) is 0 Å². The fourth-order valence-corrected chi connectivity index (χ4v) is 4.88. The van der Waals surface area contributed by atoms with Gasteiger partial charge in [0, 0.05) is 30.9 Å². The third kappa shape index (κ3) is 4.46. The van der Waals surface area contributed by atoms with E-state index in [2.05, 4.69) is 30.2 Å². The highest BCUT2D eigenvalue weighted by Gasteiger charge is 2.33. The fourth-order valence-electron chi connectivity index (χ4n) is 3.56. The van der Waals surface area contributed by atoms with Crippen molar-refractivity contribution < 1.29 is 13.2 Å². The summed E-state index contributed by atoms with van der Waals surface area (Å²) in [5, 5.41) is 4.94. The summed E-state index contributed by atoms with van der Waals surface area (Å²) < 4.78 is 38.9. The number of fused-ring (bicyclic) bond motifs is 3. The summed E-state index contributed by atoms with van der Waals surface area (Å²) in [4.78, 5) is 23.7. The predicted molar refractivity (Wildman–Crippen MR) is 128 cm³/mol. The van der Waals surface area contributed by atoms with Crippen LogP contribution in [-0.2, 0) is 6.18 Å². The van der Waals surface area contributed by atoms with Gasteiger partial charge >= 0.3 is 6.18 Å². The molecule has 5 rings (SSSR count). The molecule has 33 heavy (non-hydrogen) atoms. The quantitative estimate of drug-likeness (QED) is 0.371. The highest BCUT2D eigenvalue weighted by molar-refractivity contribution is 7.26. The molecule has 0 unspecified atom stereocenters. The van der Waals surface area contributed by atoms with Gasteiger partial charge in [-0.1, -0.05) is 11.6 Å². The van der Waals surface area contributed by atoms with Crippen LogP contribution >= 0.6 is 47.8 Å². The molecule has 5 heterocycles. The summed E-state index contributed by atoms with van der Waals surface area (Å²) in [6, 6.07) is 0.0496. The number of pyridine rings is 1. The predicted octanol–water partition coefficient (Wildman–Crippen LogP) is 5.46. The second-order valence-electron chi connectivity index (χ2n) is 7.33. The van der Waals surface area contributed by atoms with Crippen LogP contribution in [0, 0.1) is 13.8 Å². The Hall–Kier alpha value is -2.21. The van der Waals surface area contributed by atoms with Crippen molar-refractivity contribution in [2.45, 2.75) is 26.1 Å². The zero-order valence-electron chi connectivity index (χ0n) is 17.1. The first-order chi connectivity index (χ1) is 14.7. The average Bonchev–Trinajstić information content (AvgIpc) is 3.07. The van der Waals surface area contributed by atoms with Crippen molar-refractivity contribution in [3.05, 3.63) is 40.6 Å². The Morgan fingerprint density at radius 2 is 1.76 bits per heavy atom. The molecular weight excluding hydrogens is 522 g/mol. The van der Waals surface area contributed by atoms with Crippen LogP contribution in [0.1, 0.15) is 16.8 Å². The van der Waals surface area contributed by atoms with Crippen molar-refractivity contribution in [1.29, 1.82) is 0 Å². The number of thiophene rings is 1. The summed E-state index contributed by atoms with van der Waals surface area (Å²) in [5.74, 6) is 0.963. The first-order valence-electron chi connectivity index (χ1n) is 9.33. The third-order valence-corrected chi connectivity index (χ3v) is 6.85. The van der Waals surface area contributed by atoms with Crippen molar-refractivity contribution in [2.24, 2.45) is 0 Å². The summed E-state index contributed by atoms with van der Waals surface area (Å²) >= 11 is 7.88. The second-order valence-corrected chi connectivity index (χ2v) is 8.71. The Labute approximate surface area is 207 Å². The lowest BCUT2D eigenvalue weighted by Crippen LogP contribution is -2.55. The molecule has 4 aromatic heterocycles. The molecule has 0 aromatic carbocycles. The second kappa shape index (κ2) is 9.21. The number of hydrogen-bond donors (Lipinski definition) is 1. The summed E-state index contributed by atoms with van der Waals surface area (Å²) in [6.07, 6.45) is -1.34. The van der Waals surface area contributed by atoms with Gasteiger partial charge in [-0.2, -0.15) is 13.2 Å². The number of hydrogen-bond acceptors (Lipinski definition) is 8. The molecule has 4 aromatic rings. The molecule has 1 aliphatic rings. The number of nitrogens with one attached hydrogen (secondary N) is 1. The maximum Gasteiger partial charge on any atom is 0.419 e. The number of nitrogens with zero attached hydrogens (tertiary/aromatic N) is 6. The first kappa shape index (κ1) is 25.4. The van der Waals surface area contributed by atoms with E-state index < -0.39 is 11.7 Å². The molecule has 176 valence electrons. The highest BCUT2D eigenvalue weighted by Crippen LogP contribution is 2.39. The van der Waals surface area contributed by atoms with Crippen molar-refractivity contribution in [3.8, 4) is 0 Å². The number of rotatable bonds is 3. The highest BCUT2D eigenvalue weighted by atomic mass is 35.5. The Bertz CT molecular complexity index is 1310. The number of anilines is 2. The lowest BCUT2D eigenvalue weighted by molar-refractivity contribution is -0.138. The van der Waals surface area contributed by atoms with Gasteiger partial charge in [0.25, 0.3) is 0 Å².